The summed E-state index contributed by atoms with van der Waals surface area (Å²) in [7, 11) is 1.34. The second-order valence-electron chi connectivity index (χ2n) is 5.20. The van der Waals surface area contributed by atoms with Gasteiger partial charge in [0.15, 0.2) is 5.13 Å². The number of rotatable bonds is 3. The lowest BCUT2D eigenvalue weighted by Gasteiger charge is -2.12. The number of esters is 1. The van der Waals surface area contributed by atoms with Gasteiger partial charge in [0, 0.05) is 23.4 Å². The number of nitrogens with zero attached hydrogens (tertiary/aromatic N) is 2. The Morgan fingerprint density at radius 3 is 2.77 bits per heavy atom. The van der Waals surface area contributed by atoms with Crippen molar-refractivity contribution < 1.29 is 14.3 Å². The molecule has 0 aliphatic carbocycles. The second-order valence-corrected chi connectivity index (χ2v) is 6.38. The van der Waals surface area contributed by atoms with Crippen LogP contribution in [0.25, 0.3) is 11.3 Å². The highest BCUT2D eigenvalue weighted by molar-refractivity contribution is 7.16. The predicted octanol–water partition coefficient (Wildman–Crippen LogP) is 2.64. The van der Waals surface area contributed by atoms with Crippen LogP contribution in [0.3, 0.4) is 0 Å². The highest BCUT2D eigenvalue weighted by Crippen LogP contribution is 2.35. The lowest BCUT2D eigenvalue weighted by atomic mass is 10.1. The van der Waals surface area contributed by atoms with Crippen molar-refractivity contribution in [1.82, 2.24) is 4.98 Å². The average Bonchev–Trinajstić information content (AvgIpc) is 3.10. The van der Waals surface area contributed by atoms with Crippen molar-refractivity contribution in [1.29, 1.82) is 0 Å². The molecule has 1 aliphatic heterocycles. The number of hydrogen-bond donors (Lipinski definition) is 0. The number of anilines is 1. The predicted molar refractivity (Wildman–Crippen MR) is 84.8 cm³/mol. The third-order valence-corrected chi connectivity index (χ3v) is 4.72. The van der Waals surface area contributed by atoms with Crippen LogP contribution in [0.15, 0.2) is 30.3 Å². The van der Waals surface area contributed by atoms with Crippen LogP contribution in [0.4, 0.5) is 5.13 Å². The monoisotopic (exact) mass is 316 g/mol. The van der Waals surface area contributed by atoms with Crippen molar-refractivity contribution in [3.8, 4) is 11.3 Å². The average molecular weight is 316 g/mol. The summed E-state index contributed by atoms with van der Waals surface area (Å²) in [6.07, 6.45) is 0.186. The van der Waals surface area contributed by atoms with Crippen LogP contribution in [0.1, 0.15) is 11.3 Å². The fourth-order valence-corrected chi connectivity index (χ4v) is 3.54. The summed E-state index contributed by atoms with van der Waals surface area (Å²) in [4.78, 5) is 31.0. The summed E-state index contributed by atoms with van der Waals surface area (Å²) >= 11 is 1.47. The minimum Gasteiger partial charge on any atom is -0.469 e. The highest BCUT2D eigenvalue weighted by atomic mass is 32.1. The first-order chi connectivity index (χ1) is 10.6. The molecule has 1 saturated heterocycles. The molecule has 0 bridgehead atoms. The van der Waals surface area contributed by atoms with Gasteiger partial charge in [0.1, 0.15) is 0 Å². The molecular weight excluding hydrogens is 300 g/mol. The molecule has 0 radical (unpaired) electrons. The van der Waals surface area contributed by atoms with E-state index < -0.39 is 5.92 Å². The van der Waals surface area contributed by atoms with E-state index in [-0.39, 0.29) is 18.3 Å². The number of aryl methyl sites for hydroxylation is 1. The molecule has 0 spiro atoms. The van der Waals surface area contributed by atoms with Gasteiger partial charge in [0.05, 0.1) is 18.7 Å². The van der Waals surface area contributed by atoms with Gasteiger partial charge in [-0.25, -0.2) is 4.98 Å². The van der Waals surface area contributed by atoms with Gasteiger partial charge in [0.25, 0.3) is 0 Å². The Bertz CT molecular complexity index is 711. The Morgan fingerprint density at radius 2 is 2.09 bits per heavy atom. The summed E-state index contributed by atoms with van der Waals surface area (Å²) in [5.74, 6) is -0.821. The molecule has 1 amide bonds. The molecule has 0 N–H and O–H groups in total. The standard InChI is InChI=1S/C16H16N2O3S/c1-10-14(11-6-4-3-5-7-11)17-16(22-10)18-9-12(8-13(18)19)15(20)21-2/h3-7,12H,8-9H2,1-2H3. The van der Waals surface area contributed by atoms with Crippen molar-refractivity contribution in [2.24, 2.45) is 5.92 Å². The van der Waals surface area contributed by atoms with E-state index in [1.165, 1.54) is 18.4 Å². The molecule has 1 atom stereocenters. The van der Waals surface area contributed by atoms with E-state index in [4.69, 9.17) is 4.74 Å². The Morgan fingerprint density at radius 1 is 1.36 bits per heavy atom. The third kappa shape index (κ3) is 2.62. The quantitative estimate of drug-likeness (QED) is 0.817. The topological polar surface area (TPSA) is 59.5 Å². The summed E-state index contributed by atoms with van der Waals surface area (Å²) in [5, 5.41) is 0.646. The van der Waals surface area contributed by atoms with Crippen molar-refractivity contribution in [2.75, 3.05) is 18.6 Å². The van der Waals surface area contributed by atoms with Gasteiger partial charge in [-0.2, -0.15) is 0 Å². The fraction of sp³-hybridized carbons (Fsp3) is 0.312. The molecule has 114 valence electrons. The van der Waals surface area contributed by atoms with Crippen LogP contribution < -0.4 is 4.90 Å². The smallest absolute Gasteiger partial charge is 0.311 e. The van der Waals surface area contributed by atoms with Gasteiger partial charge in [-0.1, -0.05) is 30.3 Å². The van der Waals surface area contributed by atoms with E-state index in [9.17, 15) is 9.59 Å². The Balaban J connectivity index is 1.88. The molecule has 22 heavy (non-hydrogen) atoms. The Hall–Kier alpha value is -2.21. The fourth-order valence-electron chi connectivity index (χ4n) is 2.58. The Labute approximate surface area is 132 Å². The lowest BCUT2D eigenvalue weighted by Crippen LogP contribution is -2.26. The number of hydrogen-bond acceptors (Lipinski definition) is 5. The van der Waals surface area contributed by atoms with Crippen molar-refractivity contribution in [2.45, 2.75) is 13.3 Å². The SMILES string of the molecule is COC(=O)C1CC(=O)N(c2nc(-c3ccccc3)c(C)s2)C1. The van der Waals surface area contributed by atoms with Crippen LogP contribution in [-0.4, -0.2) is 30.5 Å². The van der Waals surface area contributed by atoms with Crippen molar-refractivity contribution in [3.05, 3.63) is 35.2 Å². The van der Waals surface area contributed by atoms with Gasteiger partial charge < -0.3 is 4.74 Å². The van der Waals surface area contributed by atoms with E-state index >= 15 is 0 Å². The normalized spacial score (nSPS) is 17.8. The maximum Gasteiger partial charge on any atom is 0.311 e. The molecular formula is C16H16N2O3S. The Kier molecular flexibility index (Phi) is 3.94. The summed E-state index contributed by atoms with van der Waals surface area (Å²) in [5.41, 5.74) is 1.91. The maximum atomic E-state index is 12.1. The maximum absolute atomic E-state index is 12.1. The van der Waals surface area contributed by atoms with E-state index in [0.29, 0.717) is 11.7 Å². The number of ether oxygens (including phenoxy) is 1. The molecule has 1 aromatic heterocycles. The van der Waals surface area contributed by atoms with Crippen molar-refractivity contribution >= 4 is 28.3 Å². The number of thiazole rings is 1. The summed E-state index contributed by atoms with van der Waals surface area (Å²) in [6.45, 7) is 2.33. The highest BCUT2D eigenvalue weighted by Gasteiger charge is 2.37. The van der Waals surface area contributed by atoms with E-state index in [2.05, 4.69) is 4.98 Å². The largest absolute Gasteiger partial charge is 0.469 e. The van der Waals surface area contributed by atoms with E-state index in [1.807, 2.05) is 37.3 Å². The van der Waals surface area contributed by atoms with Crippen molar-refractivity contribution in [3.63, 3.8) is 0 Å². The molecule has 6 heteroatoms. The molecule has 5 nitrogen and oxygen atoms in total. The van der Waals surface area contributed by atoms with Crippen LogP contribution in [-0.2, 0) is 14.3 Å². The van der Waals surface area contributed by atoms with E-state index in [0.717, 1.165) is 16.1 Å². The van der Waals surface area contributed by atoms with Crippen LogP contribution in [0, 0.1) is 12.8 Å². The van der Waals surface area contributed by atoms with Crippen LogP contribution in [0.2, 0.25) is 0 Å². The van der Waals surface area contributed by atoms with Gasteiger partial charge in [-0.3, -0.25) is 14.5 Å². The van der Waals surface area contributed by atoms with Crippen LogP contribution >= 0.6 is 11.3 Å². The zero-order valence-corrected chi connectivity index (χ0v) is 13.2. The zero-order chi connectivity index (χ0) is 15.7. The number of methoxy groups -OCH3 is 1. The number of carbonyl (C=O) groups is 2. The van der Waals surface area contributed by atoms with Gasteiger partial charge in [-0.15, -0.1) is 11.3 Å². The zero-order valence-electron chi connectivity index (χ0n) is 12.4. The van der Waals surface area contributed by atoms with E-state index in [1.54, 1.807) is 4.90 Å². The molecule has 1 unspecified atom stereocenters. The first-order valence-corrected chi connectivity index (χ1v) is 7.83. The molecule has 1 aliphatic rings. The first-order valence-electron chi connectivity index (χ1n) is 7.01. The lowest BCUT2D eigenvalue weighted by molar-refractivity contribution is -0.145. The first kappa shape index (κ1) is 14.7. The summed E-state index contributed by atoms with van der Waals surface area (Å²) < 4.78 is 4.73. The summed E-state index contributed by atoms with van der Waals surface area (Å²) in [6, 6.07) is 9.87. The molecule has 2 heterocycles. The number of carbonyl (C=O) groups excluding carboxylic acids is 2. The van der Waals surface area contributed by atoms with Gasteiger partial charge in [-0.05, 0) is 6.92 Å². The third-order valence-electron chi connectivity index (χ3n) is 3.72. The molecule has 2 aromatic rings. The van der Waals surface area contributed by atoms with Crippen LogP contribution in [0.5, 0.6) is 0 Å². The van der Waals surface area contributed by atoms with Gasteiger partial charge >= 0.3 is 5.97 Å². The van der Waals surface area contributed by atoms with Gasteiger partial charge in [0.2, 0.25) is 5.91 Å². The number of aromatic nitrogens is 1. The number of amides is 1. The second kappa shape index (κ2) is 5.88. The minimum absolute atomic E-state index is 0.0799. The molecule has 3 rings (SSSR count). The molecule has 1 fully saturated rings. The molecule has 1 aromatic carbocycles. The number of benzene rings is 1. The molecule has 0 saturated carbocycles. The minimum atomic E-state index is -0.401.